The Morgan fingerprint density at radius 3 is 2.39 bits per heavy atom. The molecular formula is C14H11Cl3O. The number of hydrogen-bond donors (Lipinski definition) is 0. The maximum Gasteiger partial charge on any atom is 0.123 e. The summed E-state index contributed by atoms with van der Waals surface area (Å²) in [6.07, 6.45) is 0. The first-order valence-electron chi connectivity index (χ1n) is 5.35. The van der Waals surface area contributed by atoms with Crippen molar-refractivity contribution >= 4 is 34.8 Å². The van der Waals surface area contributed by atoms with Crippen LogP contribution in [0.2, 0.25) is 10.0 Å². The van der Waals surface area contributed by atoms with E-state index in [1.165, 1.54) is 0 Å². The lowest BCUT2D eigenvalue weighted by Gasteiger charge is -2.15. The molecule has 0 aliphatic heterocycles. The zero-order valence-electron chi connectivity index (χ0n) is 9.66. The third-order valence-corrected chi connectivity index (χ3v) is 3.56. The zero-order valence-corrected chi connectivity index (χ0v) is 11.9. The molecule has 1 unspecified atom stereocenters. The Labute approximate surface area is 121 Å². The molecule has 94 valence electrons. The van der Waals surface area contributed by atoms with Gasteiger partial charge in [-0.3, -0.25) is 0 Å². The molecule has 1 nitrogen and oxygen atoms in total. The smallest absolute Gasteiger partial charge is 0.123 e. The lowest BCUT2D eigenvalue weighted by molar-refractivity contribution is 0.410. The van der Waals surface area contributed by atoms with Crippen LogP contribution in [0.5, 0.6) is 5.75 Å². The van der Waals surface area contributed by atoms with Gasteiger partial charge in [-0.15, -0.1) is 11.6 Å². The van der Waals surface area contributed by atoms with Crippen LogP contribution >= 0.6 is 34.8 Å². The summed E-state index contributed by atoms with van der Waals surface area (Å²) in [5.74, 6) is 0.708. The lowest BCUT2D eigenvalue weighted by atomic mass is 10.0. The number of hydrogen-bond acceptors (Lipinski definition) is 1. The van der Waals surface area contributed by atoms with Crippen LogP contribution in [0.4, 0.5) is 0 Å². The zero-order chi connectivity index (χ0) is 13.1. The SMILES string of the molecule is COc1ccc(Cl)cc1C(Cl)c1cccc(Cl)c1. The minimum absolute atomic E-state index is 0.350. The fraction of sp³-hybridized carbons (Fsp3) is 0.143. The molecule has 0 radical (unpaired) electrons. The number of rotatable bonds is 3. The van der Waals surface area contributed by atoms with Crippen LogP contribution in [0.1, 0.15) is 16.5 Å². The highest BCUT2D eigenvalue weighted by Gasteiger charge is 2.16. The minimum atomic E-state index is -0.350. The maximum atomic E-state index is 6.46. The number of methoxy groups -OCH3 is 1. The third kappa shape index (κ3) is 2.92. The highest BCUT2D eigenvalue weighted by molar-refractivity contribution is 6.31. The first-order chi connectivity index (χ1) is 8.61. The number of ether oxygens (including phenoxy) is 1. The van der Waals surface area contributed by atoms with Crippen molar-refractivity contribution in [2.75, 3.05) is 7.11 Å². The Bertz CT molecular complexity index is 554. The standard InChI is InChI=1S/C14H11Cl3O/c1-18-13-6-5-11(16)8-12(13)14(17)9-3-2-4-10(15)7-9/h2-8,14H,1H3. The average molecular weight is 302 g/mol. The fourth-order valence-electron chi connectivity index (χ4n) is 1.75. The van der Waals surface area contributed by atoms with Crippen LogP contribution < -0.4 is 4.74 Å². The van der Waals surface area contributed by atoms with E-state index >= 15 is 0 Å². The van der Waals surface area contributed by atoms with Crippen molar-refractivity contribution in [2.45, 2.75) is 5.38 Å². The molecule has 2 rings (SSSR count). The van der Waals surface area contributed by atoms with Crippen molar-refractivity contribution in [3.05, 3.63) is 63.6 Å². The van der Waals surface area contributed by atoms with Gasteiger partial charge in [0.05, 0.1) is 12.5 Å². The van der Waals surface area contributed by atoms with Crippen molar-refractivity contribution in [3.8, 4) is 5.75 Å². The van der Waals surface area contributed by atoms with Crippen molar-refractivity contribution in [1.29, 1.82) is 0 Å². The molecule has 0 fully saturated rings. The Morgan fingerprint density at radius 1 is 1.00 bits per heavy atom. The second-order valence-corrected chi connectivity index (χ2v) is 5.11. The van der Waals surface area contributed by atoms with E-state index < -0.39 is 0 Å². The van der Waals surface area contributed by atoms with Gasteiger partial charge >= 0.3 is 0 Å². The van der Waals surface area contributed by atoms with Crippen LogP contribution in [-0.4, -0.2) is 7.11 Å². The topological polar surface area (TPSA) is 9.23 Å². The molecule has 0 aromatic heterocycles. The molecule has 0 amide bonds. The molecule has 4 heteroatoms. The van der Waals surface area contributed by atoms with Gasteiger partial charge in [-0.2, -0.15) is 0 Å². The van der Waals surface area contributed by atoms with Crippen molar-refractivity contribution in [1.82, 2.24) is 0 Å². The van der Waals surface area contributed by atoms with E-state index in [-0.39, 0.29) is 5.38 Å². The number of alkyl halides is 1. The predicted molar refractivity (Wildman–Crippen MR) is 77.2 cm³/mol. The monoisotopic (exact) mass is 300 g/mol. The van der Waals surface area contributed by atoms with Crippen LogP contribution in [0.3, 0.4) is 0 Å². The molecule has 2 aromatic rings. The molecule has 2 aromatic carbocycles. The van der Waals surface area contributed by atoms with Gasteiger partial charge in [-0.1, -0.05) is 35.3 Å². The van der Waals surface area contributed by atoms with Crippen molar-refractivity contribution in [2.24, 2.45) is 0 Å². The van der Waals surface area contributed by atoms with Gasteiger partial charge < -0.3 is 4.74 Å². The second-order valence-electron chi connectivity index (χ2n) is 3.80. The van der Waals surface area contributed by atoms with Crippen LogP contribution in [-0.2, 0) is 0 Å². The first kappa shape index (κ1) is 13.5. The van der Waals surface area contributed by atoms with Gasteiger partial charge in [0.2, 0.25) is 0 Å². The predicted octanol–water partition coefficient (Wildman–Crippen LogP) is 5.33. The molecule has 1 atom stereocenters. The second kappa shape index (κ2) is 5.83. The van der Waals surface area contributed by atoms with Crippen molar-refractivity contribution < 1.29 is 4.74 Å². The van der Waals surface area contributed by atoms with Crippen LogP contribution in [0.15, 0.2) is 42.5 Å². The highest BCUT2D eigenvalue weighted by Crippen LogP contribution is 2.37. The Kier molecular flexibility index (Phi) is 4.39. The Balaban J connectivity index is 2.44. The van der Waals surface area contributed by atoms with Gasteiger partial charge in [-0.25, -0.2) is 0 Å². The van der Waals surface area contributed by atoms with E-state index in [2.05, 4.69) is 0 Å². The summed E-state index contributed by atoms with van der Waals surface area (Å²) >= 11 is 18.4. The average Bonchev–Trinajstić information content (AvgIpc) is 2.38. The summed E-state index contributed by atoms with van der Waals surface area (Å²) in [7, 11) is 1.61. The molecule has 0 saturated heterocycles. The summed E-state index contributed by atoms with van der Waals surface area (Å²) in [5.41, 5.74) is 1.73. The van der Waals surface area contributed by atoms with E-state index in [0.717, 1.165) is 11.1 Å². The Hall–Kier alpha value is -0.890. The van der Waals surface area contributed by atoms with Gasteiger partial charge in [0.25, 0.3) is 0 Å². The molecule has 0 saturated carbocycles. The quantitative estimate of drug-likeness (QED) is 0.696. The van der Waals surface area contributed by atoms with E-state index in [0.29, 0.717) is 15.8 Å². The van der Waals surface area contributed by atoms with Gasteiger partial charge in [-0.05, 0) is 35.9 Å². The maximum absolute atomic E-state index is 6.46. The van der Waals surface area contributed by atoms with Crippen LogP contribution in [0.25, 0.3) is 0 Å². The summed E-state index contributed by atoms with van der Waals surface area (Å²) in [6.45, 7) is 0. The largest absolute Gasteiger partial charge is 0.496 e. The highest BCUT2D eigenvalue weighted by atomic mass is 35.5. The third-order valence-electron chi connectivity index (χ3n) is 2.61. The van der Waals surface area contributed by atoms with E-state index in [1.807, 2.05) is 24.3 Å². The fourth-order valence-corrected chi connectivity index (χ4v) is 2.43. The number of halogens is 3. The van der Waals surface area contributed by atoms with E-state index in [1.54, 1.807) is 25.3 Å². The molecule has 0 N–H and O–H groups in total. The van der Waals surface area contributed by atoms with Gasteiger partial charge in [0.15, 0.2) is 0 Å². The van der Waals surface area contributed by atoms with Crippen molar-refractivity contribution in [3.63, 3.8) is 0 Å². The Morgan fingerprint density at radius 2 is 1.72 bits per heavy atom. The molecule has 0 bridgehead atoms. The number of benzene rings is 2. The summed E-state index contributed by atoms with van der Waals surface area (Å²) in [5, 5.41) is 0.926. The van der Waals surface area contributed by atoms with E-state index in [9.17, 15) is 0 Å². The molecule has 0 spiro atoms. The molecule has 0 heterocycles. The van der Waals surface area contributed by atoms with E-state index in [4.69, 9.17) is 39.5 Å². The normalized spacial score (nSPS) is 12.2. The van der Waals surface area contributed by atoms with Gasteiger partial charge in [0.1, 0.15) is 5.75 Å². The molecule has 0 aliphatic carbocycles. The first-order valence-corrected chi connectivity index (χ1v) is 6.54. The summed E-state index contributed by atoms with van der Waals surface area (Å²) < 4.78 is 5.30. The summed E-state index contributed by atoms with van der Waals surface area (Å²) in [6, 6.07) is 12.8. The minimum Gasteiger partial charge on any atom is -0.496 e. The molecule has 18 heavy (non-hydrogen) atoms. The lowest BCUT2D eigenvalue weighted by Crippen LogP contribution is -1.97. The molecule has 0 aliphatic rings. The molecular weight excluding hydrogens is 291 g/mol. The summed E-state index contributed by atoms with van der Waals surface area (Å²) in [4.78, 5) is 0. The van der Waals surface area contributed by atoms with Gasteiger partial charge in [0, 0.05) is 15.6 Å². The van der Waals surface area contributed by atoms with Crippen LogP contribution in [0, 0.1) is 0 Å².